The molecule has 0 saturated heterocycles. The Balaban J connectivity index is 2.47. The van der Waals surface area contributed by atoms with Gasteiger partial charge in [-0.25, -0.2) is 9.78 Å². The van der Waals surface area contributed by atoms with E-state index in [2.05, 4.69) is 15.3 Å². The minimum absolute atomic E-state index is 0.0554. The van der Waals surface area contributed by atoms with Crippen LogP contribution in [-0.2, 0) is 4.79 Å². The first-order chi connectivity index (χ1) is 9.08. The second-order valence-electron chi connectivity index (χ2n) is 3.84. The predicted octanol–water partition coefficient (Wildman–Crippen LogP) is 0.845. The van der Waals surface area contributed by atoms with E-state index in [1.54, 1.807) is 4.90 Å². The van der Waals surface area contributed by atoms with Crippen LogP contribution in [0, 0.1) is 0 Å². The number of carbonyl (C=O) groups is 2. The molecule has 1 aromatic heterocycles. The molecule has 1 aromatic rings. The second kappa shape index (κ2) is 7.30. The SMILES string of the molecule is CCN(CC)C(=O)CCNc1cncc(C(=O)O)n1. The predicted molar refractivity (Wildman–Crippen MR) is 70.0 cm³/mol. The Morgan fingerprint density at radius 1 is 1.32 bits per heavy atom. The molecule has 7 nitrogen and oxygen atoms in total. The van der Waals surface area contributed by atoms with Crippen molar-refractivity contribution in [2.24, 2.45) is 0 Å². The number of carboxylic acids is 1. The summed E-state index contributed by atoms with van der Waals surface area (Å²) in [6.45, 7) is 5.62. The van der Waals surface area contributed by atoms with Gasteiger partial charge in [-0.15, -0.1) is 0 Å². The number of amides is 1. The summed E-state index contributed by atoms with van der Waals surface area (Å²) in [6, 6.07) is 0. The molecule has 1 heterocycles. The molecule has 0 aromatic carbocycles. The number of nitrogens with one attached hydrogen (secondary N) is 1. The monoisotopic (exact) mass is 266 g/mol. The van der Waals surface area contributed by atoms with Crippen LogP contribution in [0.25, 0.3) is 0 Å². The maximum absolute atomic E-state index is 11.7. The summed E-state index contributed by atoms with van der Waals surface area (Å²) in [4.78, 5) is 31.8. The van der Waals surface area contributed by atoms with Crippen LogP contribution in [-0.4, -0.2) is 51.5 Å². The normalized spacial score (nSPS) is 10.0. The molecule has 7 heteroatoms. The van der Waals surface area contributed by atoms with E-state index < -0.39 is 5.97 Å². The van der Waals surface area contributed by atoms with E-state index in [9.17, 15) is 9.59 Å². The zero-order valence-corrected chi connectivity index (χ0v) is 11.1. The van der Waals surface area contributed by atoms with Crippen LogP contribution in [0.1, 0.15) is 30.8 Å². The quantitative estimate of drug-likeness (QED) is 0.759. The Hall–Kier alpha value is -2.18. The zero-order valence-electron chi connectivity index (χ0n) is 11.1. The van der Waals surface area contributed by atoms with Gasteiger partial charge in [-0.1, -0.05) is 0 Å². The second-order valence-corrected chi connectivity index (χ2v) is 3.84. The van der Waals surface area contributed by atoms with E-state index in [-0.39, 0.29) is 11.6 Å². The van der Waals surface area contributed by atoms with Gasteiger partial charge >= 0.3 is 5.97 Å². The van der Waals surface area contributed by atoms with Crippen molar-refractivity contribution in [2.75, 3.05) is 25.0 Å². The van der Waals surface area contributed by atoms with E-state index >= 15 is 0 Å². The summed E-state index contributed by atoms with van der Waals surface area (Å²) in [5.74, 6) is -0.720. The average molecular weight is 266 g/mol. The van der Waals surface area contributed by atoms with Crippen LogP contribution in [0.4, 0.5) is 5.82 Å². The van der Waals surface area contributed by atoms with E-state index in [0.29, 0.717) is 31.9 Å². The Morgan fingerprint density at radius 3 is 2.58 bits per heavy atom. The van der Waals surface area contributed by atoms with Crippen LogP contribution in [0.15, 0.2) is 12.4 Å². The van der Waals surface area contributed by atoms with Gasteiger partial charge in [0, 0.05) is 26.1 Å². The fraction of sp³-hybridized carbons (Fsp3) is 0.500. The van der Waals surface area contributed by atoms with Gasteiger partial charge in [-0.05, 0) is 13.8 Å². The Morgan fingerprint density at radius 2 is 2.00 bits per heavy atom. The minimum atomic E-state index is -1.13. The maximum Gasteiger partial charge on any atom is 0.356 e. The summed E-state index contributed by atoms with van der Waals surface area (Å²) >= 11 is 0. The molecule has 0 fully saturated rings. The van der Waals surface area contributed by atoms with Gasteiger partial charge < -0.3 is 15.3 Å². The number of rotatable bonds is 7. The third-order valence-electron chi connectivity index (χ3n) is 2.61. The highest BCUT2D eigenvalue weighted by atomic mass is 16.4. The van der Waals surface area contributed by atoms with Crippen molar-refractivity contribution in [1.29, 1.82) is 0 Å². The Kier molecular flexibility index (Phi) is 5.72. The first kappa shape index (κ1) is 14.9. The molecule has 0 bridgehead atoms. The summed E-state index contributed by atoms with van der Waals surface area (Å²) in [6.07, 6.45) is 2.93. The summed E-state index contributed by atoms with van der Waals surface area (Å²) in [5.41, 5.74) is -0.125. The van der Waals surface area contributed by atoms with E-state index in [1.807, 2.05) is 13.8 Å². The molecule has 1 amide bonds. The first-order valence-electron chi connectivity index (χ1n) is 6.15. The lowest BCUT2D eigenvalue weighted by Gasteiger charge is -2.18. The maximum atomic E-state index is 11.7. The van der Waals surface area contributed by atoms with Gasteiger partial charge in [0.1, 0.15) is 5.82 Å². The largest absolute Gasteiger partial charge is 0.476 e. The summed E-state index contributed by atoms with van der Waals surface area (Å²) in [7, 11) is 0. The lowest BCUT2D eigenvalue weighted by molar-refractivity contribution is -0.130. The molecule has 0 aliphatic rings. The Labute approximate surface area is 111 Å². The number of aromatic nitrogens is 2. The molecule has 104 valence electrons. The van der Waals surface area contributed by atoms with Crippen LogP contribution < -0.4 is 5.32 Å². The molecule has 0 unspecified atom stereocenters. The number of hydrogen-bond acceptors (Lipinski definition) is 5. The van der Waals surface area contributed by atoms with Gasteiger partial charge in [0.15, 0.2) is 5.69 Å². The van der Waals surface area contributed by atoms with Gasteiger partial charge in [-0.3, -0.25) is 9.78 Å². The third kappa shape index (κ3) is 4.53. The van der Waals surface area contributed by atoms with Crippen LogP contribution in [0.2, 0.25) is 0 Å². The van der Waals surface area contributed by atoms with Gasteiger partial charge in [0.25, 0.3) is 0 Å². The lowest BCUT2D eigenvalue weighted by atomic mass is 10.3. The van der Waals surface area contributed by atoms with E-state index in [4.69, 9.17) is 5.11 Å². The van der Waals surface area contributed by atoms with Crippen LogP contribution >= 0.6 is 0 Å². The summed E-state index contributed by atoms with van der Waals surface area (Å²) < 4.78 is 0. The number of nitrogens with zero attached hydrogens (tertiary/aromatic N) is 3. The van der Waals surface area contributed by atoms with Gasteiger partial charge in [0.2, 0.25) is 5.91 Å². The highest BCUT2D eigenvalue weighted by Crippen LogP contribution is 2.03. The highest BCUT2D eigenvalue weighted by Gasteiger charge is 2.09. The van der Waals surface area contributed by atoms with Crippen molar-refractivity contribution in [2.45, 2.75) is 20.3 Å². The lowest BCUT2D eigenvalue weighted by Crippen LogP contribution is -2.31. The molecule has 0 aliphatic heterocycles. The molecular formula is C12H18N4O3. The first-order valence-corrected chi connectivity index (χ1v) is 6.15. The van der Waals surface area contributed by atoms with Gasteiger partial charge in [-0.2, -0.15) is 0 Å². The molecule has 1 rings (SSSR count). The van der Waals surface area contributed by atoms with Crippen molar-refractivity contribution in [3.8, 4) is 0 Å². The number of hydrogen-bond donors (Lipinski definition) is 2. The third-order valence-corrected chi connectivity index (χ3v) is 2.61. The number of carboxylic acid groups (broad SMARTS) is 1. The van der Waals surface area contributed by atoms with Crippen molar-refractivity contribution in [3.63, 3.8) is 0 Å². The zero-order chi connectivity index (χ0) is 14.3. The van der Waals surface area contributed by atoms with Crippen molar-refractivity contribution in [3.05, 3.63) is 18.1 Å². The van der Waals surface area contributed by atoms with Crippen LogP contribution in [0.3, 0.4) is 0 Å². The molecular weight excluding hydrogens is 248 g/mol. The number of carbonyl (C=O) groups excluding carboxylic acids is 1. The smallest absolute Gasteiger partial charge is 0.356 e. The fourth-order valence-electron chi connectivity index (χ4n) is 1.59. The number of aromatic carboxylic acids is 1. The molecule has 19 heavy (non-hydrogen) atoms. The van der Waals surface area contributed by atoms with Crippen molar-refractivity contribution in [1.82, 2.24) is 14.9 Å². The van der Waals surface area contributed by atoms with E-state index in [0.717, 1.165) is 0 Å². The number of anilines is 1. The minimum Gasteiger partial charge on any atom is -0.476 e. The standard InChI is InChI=1S/C12H18N4O3/c1-3-16(4-2)11(17)5-6-14-10-8-13-7-9(15-10)12(18)19/h7-8H,3-6H2,1-2H3,(H,14,15)(H,18,19). The molecule has 0 atom stereocenters. The highest BCUT2D eigenvalue weighted by molar-refractivity contribution is 5.85. The van der Waals surface area contributed by atoms with Gasteiger partial charge in [0.05, 0.1) is 12.4 Å². The molecule has 2 N–H and O–H groups in total. The Bertz CT molecular complexity index is 446. The van der Waals surface area contributed by atoms with E-state index in [1.165, 1.54) is 12.4 Å². The average Bonchev–Trinajstić information content (AvgIpc) is 2.40. The van der Waals surface area contributed by atoms with Crippen LogP contribution in [0.5, 0.6) is 0 Å². The topological polar surface area (TPSA) is 95.4 Å². The van der Waals surface area contributed by atoms with Crippen molar-refractivity contribution >= 4 is 17.7 Å². The molecule has 0 aliphatic carbocycles. The molecule has 0 saturated carbocycles. The van der Waals surface area contributed by atoms with Crippen molar-refractivity contribution < 1.29 is 14.7 Å². The summed E-state index contributed by atoms with van der Waals surface area (Å²) in [5, 5.41) is 11.7. The fourth-order valence-corrected chi connectivity index (χ4v) is 1.59. The molecule has 0 spiro atoms. The molecule has 0 radical (unpaired) electrons.